The zero-order chi connectivity index (χ0) is 19.8. The summed E-state index contributed by atoms with van der Waals surface area (Å²) in [6, 6.07) is 3.76. The molecule has 0 spiro atoms. The van der Waals surface area contributed by atoms with Crippen molar-refractivity contribution in [2.24, 2.45) is 7.05 Å². The molecule has 0 aromatic carbocycles. The third kappa shape index (κ3) is 3.32. The Morgan fingerprint density at radius 3 is 2.71 bits per heavy atom. The minimum atomic E-state index is -0.0810. The van der Waals surface area contributed by atoms with Crippen LogP contribution in [-0.2, 0) is 18.2 Å². The Morgan fingerprint density at radius 1 is 1.25 bits per heavy atom. The molecule has 2 aromatic rings. The van der Waals surface area contributed by atoms with Crippen LogP contribution in [0.25, 0.3) is 0 Å². The Labute approximate surface area is 165 Å². The number of amides is 1. The van der Waals surface area contributed by atoms with Crippen molar-refractivity contribution in [1.29, 1.82) is 0 Å². The molecule has 28 heavy (non-hydrogen) atoms. The predicted molar refractivity (Wildman–Crippen MR) is 105 cm³/mol. The highest BCUT2D eigenvalue weighted by molar-refractivity contribution is 5.94. The van der Waals surface area contributed by atoms with Gasteiger partial charge in [0.05, 0.1) is 25.0 Å². The lowest BCUT2D eigenvalue weighted by atomic mass is 9.99. The van der Waals surface area contributed by atoms with E-state index in [4.69, 9.17) is 9.47 Å². The van der Waals surface area contributed by atoms with Crippen LogP contribution in [0.15, 0.2) is 18.3 Å². The number of rotatable bonds is 3. The summed E-state index contributed by atoms with van der Waals surface area (Å²) in [5.74, 6) is 1.72. The van der Waals surface area contributed by atoms with Gasteiger partial charge in [0.2, 0.25) is 0 Å². The minimum Gasteiger partial charge on any atom is -0.497 e. The third-order valence-electron chi connectivity index (χ3n) is 5.54. The van der Waals surface area contributed by atoms with Gasteiger partial charge in [0.1, 0.15) is 17.3 Å². The molecule has 150 valence electrons. The van der Waals surface area contributed by atoms with Crippen molar-refractivity contribution < 1.29 is 14.3 Å². The van der Waals surface area contributed by atoms with Crippen molar-refractivity contribution in [3.8, 4) is 5.75 Å². The quantitative estimate of drug-likeness (QED) is 0.802. The molecule has 0 aliphatic carbocycles. The van der Waals surface area contributed by atoms with Gasteiger partial charge in [-0.05, 0) is 19.9 Å². The second kappa shape index (κ2) is 7.43. The van der Waals surface area contributed by atoms with E-state index >= 15 is 0 Å². The van der Waals surface area contributed by atoms with Crippen molar-refractivity contribution in [3.63, 3.8) is 0 Å². The Hall–Kier alpha value is -2.61. The maximum Gasteiger partial charge on any atom is 0.272 e. The van der Waals surface area contributed by atoms with Crippen LogP contribution in [0.3, 0.4) is 0 Å². The second-order valence-electron chi connectivity index (χ2n) is 7.46. The number of carbonyl (C=O) groups is 1. The molecular formula is C20H27N5O3. The summed E-state index contributed by atoms with van der Waals surface area (Å²) in [4.78, 5) is 21.8. The van der Waals surface area contributed by atoms with E-state index in [1.807, 2.05) is 37.9 Å². The molecule has 4 rings (SSSR count). The maximum absolute atomic E-state index is 13.3. The van der Waals surface area contributed by atoms with E-state index in [-0.39, 0.29) is 18.1 Å². The Bertz CT molecular complexity index is 873. The van der Waals surface area contributed by atoms with Crippen LogP contribution in [0.2, 0.25) is 0 Å². The summed E-state index contributed by atoms with van der Waals surface area (Å²) in [5.41, 5.74) is 2.63. The lowest BCUT2D eigenvalue weighted by Gasteiger charge is -2.35. The number of hydrogen-bond donors (Lipinski definition) is 0. The van der Waals surface area contributed by atoms with Gasteiger partial charge in [-0.25, -0.2) is 4.98 Å². The van der Waals surface area contributed by atoms with Gasteiger partial charge in [-0.15, -0.1) is 0 Å². The number of aromatic nitrogens is 3. The van der Waals surface area contributed by atoms with Crippen LogP contribution in [0.1, 0.15) is 41.7 Å². The molecule has 2 aliphatic heterocycles. The molecule has 0 N–H and O–H groups in total. The summed E-state index contributed by atoms with van der Waals surface area (Å²) in [7, 11) is 3.50. The molecule has 0 radical (unpaired) electrons. The normalized spacial score (nSPS) is 22.1. The largest absolute Gasteiger partial charge is 0.497 e. The van der Waals surface area contributed by atoms with Crippen LogP contribution in [0, 0.1) is 0 Å². The predicted octanol–water partition coefficient (Wildman–Crippen LogP) is 1.81. The molecule has 1 amide bonds. The number of ether oxygens (including phenoxy) is 2. The van der Waals surface area contributed by atoms with E-state index < -0.39 is 0 Å². The molecule has 0 unspecified atom stereocenters. The average molecular weight is 385 g/mol. The smallest absolute Gasteiger partial charge is 0.272 e. The number of anilines is 1. The van der Waals surface area contributed by atoms with E-state index in [0.717, 1.165) is 42.3 Å². The molecule has 8 heteroatoms. The number of fused-ring (bicyclic) bond motifs is 1. The van der Waals surface area contributed by atoms with Crippen LogP contribution < -0.4 is 9.64 Å². The molecule has 0 bridgehead atoms. The topological polar surface area (TPSA) is 72.7 Å². The highest BCUT2D eigenvalue weighted by Crippen LogP contribution is 2.32. The molecule has 1 fully saturated rings. The summed E-state index contributed by atoms with van der Waals surface area (Å²) in [6.07, 6.45) is 2.48. The zero-order valence-corrected chi connectivity index (χ0v) is 16.9. The van der Waals surface area contributed by atoms with Crippen molar-refractivity contribution in [2.45, 2.75) is 32.5 Å². The number of methoxy groups -OCH3 is 1. The lowest BCUT2D eigenvalue weighted by molar-refractivity contribution is -0.00714. The number of hydrogen-bond acceptors (Lipinski definition) is 6. The van der Waals surface area contributed by atoms with Gasteiger partial charge in [0.15, 0.2) is 0 Å². The van der Waals surface area contributed by atoms with Crippen LogP contribution in [-0.4, -0.2) is 65.0 Å². The van der Waals surface area contributed by atoms with E-state index in [9.17, 15) is 4.79 Å². The number of carbonyl (C=O) groups excluding carboxylic acids is 1. The van der Waals surface area contributed by atoms with E-state index in [1.54, 1.807) is 18.0 Å². The number of piperazine rings is 1. The third-order valence-corrected chi connectivity index (χ3v) is 5.54. The van der Waals surface area contributed by atoms with Gasteiger partial charge in [0, 0.05) is 57.5 Å². The van der Waals surface area contributed by atoms with Crippen LogP contribution in [0.5, 0.6) is 5.75 Å². The summed E-state index contributed by atoms with van der Waals surface area (Å²) in [5, 5.41) is 4.57. The zero-order valence-electron chi connectivity index (χ0n) is 16.9. The first kappa shape index (κ1) is 18.7. The first-order valence-corrected chi connectivity index (χ1v) is 9.73. The summed E-state index contributed by atoms with van der Waals surface area (Å²) >= 11 is 0. The number of pyridine rings is 1. The molecule has 4 heterocycles. The molecule has 2 atom stereocenters. The lowest BCUT2D eigenvalue weighted by Crippen LogP contribution is -2.49. The Morgan fingerprint density at radius 2 is 2.00 bits per heavy atom. The van der Waals surface area contributed by atoms with Crippen molar-refractivity contribution in [2.75, 3.05) is 38.2 Å². The van der Waals surface area contributed by atoms with E-state index in [0.29, 0.717) is 18.8 Å². The average Bonchev–Trinajstić information content (AvgIpc) is 3.04. The molecule has 2 aliphatic rings. The number of nitrogens with zero attached hydrogens (tertiary/aromatic N) is 5. The van der Waals surface area contributed by atoms with Gasteiger partial charge in [0.25, 0.3) is 5.91 Å². The Balaban J connectivity index is 1.49. The molecule has 2 aromatic heterocycles. The fourth-order valence-corrected chi connectivity index (χ4v) is 4.12. The molecule has 8 nitrogen and oxygen atoms in total. The highest BCUT2D eigenvalue weighted by Gasteiger charge is 2.34. The van der Waals surface area contributed by atoms with Crippen molar-refractivity contribution >= 4 is 11.7 Å². The summed E-state index contributed by atoms with van der Waals surface area (Å²) in [6.45, 7) is 6.82. The van der Waals surface area contributed by atoms with Crippen LogP contribution in [0.4, 0.5) is 5.82 Å². The minimum absolute atomic E-state index is 0.0517. The first-order chi connectivity index (χ1) is 13.5. The second-order valence-corrected chi connectivity index (χ2v) is 7.46. The van der Waals surface area contributed by atoms with Gasteiger partial charge in [-0.1, -0.05) is 0 Å². The SMILES string of the molecule is COc1ccnc(N2CCN(C(=O)c3c4c(nn3C)[C@H](C)O[C@H](C)C4)CC2)c1. The molecule has 1 saturated heterocycles. The molecular weight excluding hydrogens is 358 g/mol. The van der Waals surface area contributed by atoms with Gasteiger partial charge in [-0.2, -0.15) is 5.10 Å². The monoisotopic (exact) mass is 385 g/mol. The number of aryl methyl sites for hydroxylation is 1. The summed E-state index contributed by atoms with van der Waals surface area (Å²) < 4.78 is 12.9. The van der Waals surface area contributed by atoms with Crippen molar-refractivity contribution in [3.05, 3.63) is 35.3 Å². The van der Waals surface area contributed by atoms with E-state index in [2.05, 4.69) is 15.0 Å². The van der Waals surface area contributed by atoms with Crippen LogP contribution >= 0.6 is 0 Å². The molecule has 0 saturated carbocycles. The van der Waals surface area contributed by atoms with Gasteiger partial charge < -0.3 is 19.3 Å². The van der Waals surface area contributed by atoms with E-state index in [1.165, 1.54) is 0 Å². The van der Waals surface area contributed by atoms with Gasteiger partial charge >= 0.3 is 0 Å². The standard InChI is InChI=1S/C20H27N5O3/c1-13-11-16-18(14(2)28-13)22-23(3)19(16)20(26)25-9-7-24(8-10-25)17-12-15(27-4)5-6-21-17/h5-6,12-14H,7-11H2,1-4H3/t13-,14+/m1/s1. The fraction of sp³-hybridized carbons (Fsp3) is 0.550. The van der Waals surface area contributed by atoms with Crippen molar-refractivity contribution in [1.82, 2.24) is 19.7 Å². The maximum atomic E-state index is 13.3. The Kier molecular flexibility index (Phi) is 4.97. The highest BCUT2D eigenvalue weighted by atomic mass is 16.5. The van der Waals surface area contributed by atoms with Gasteiger partial charge in [-0.3, -0.25) is 9.48 Å². The fourth-order valence-electron chi connectivity index (χ4n) is 4.12. The first-order valence-electron chi connectivity index (χ1n) is 9.73.